The summed E-state index contributed by atoms with van der Waals surface area (Å²) in [6, 6.07) is 0. The van der Waals surface area contributed by atoms with Gasteiger partial charge in [0.15, 0.2) is 12.2 Å². The molecule has 0 radical (unpaired) electrons. The predicted molar refractivity (Wildman–Crippen MR) is 414 cm³/mol. The van der Waals surface area contributed by atoms with E-state index in [-0.39, 0.29) is 25.7 Å². The molecular formula is C82H156O17P2. The fourth-order valence-corrected chi connectivity index (χ4v) is 13.8. The molecule has 3 N–H and O–H groups in total. The van der Waals surface area contributed by atoms with Crippen LogP contribution in [-0.4, -0.2) is 96.7 Å². The van der Waals surface area contributed by atoms with Crippen LogP contribution in [0, 0.1) is 5.92 Å². The number of ether oxygens (including phenoxy) is 4. The Morgan fingerprint density at radius 1 is 0.317 bits per heavy atom. The number of carbonyl (C=O) groups excluding carboxylic acids is 4. The van der Waals surface area contributed by atoms with Crippen molar-refractivity contribution in [2.75, 3.05) is 39.6 Å². The number of aliphatic hydroxyl groups is 1. The molecule has 0 aromatic rings. The van der Waals surface area contributed by atoms with Gasteiger partial charge in [-0.3, -0.25) is 37.3 Å². The second-order valence-corrected chi connectivity index (χ2v) is 32.0. The lowest BCUT2D eigenvalue weighted by molar-refractivity contribution is -0.161. The Hall–Kier alpha value is -2.46. The molecule has 0 aliphatic heterocycles. The fraction of sp³-hybridized carbons (Fsp3) is 0.902. The smallest absolute Gasteiger partial charge is 0.462 e. The molecule has 0 bridgehead atoms. The van der Waals surface area contributed by atoms with Gasteiger partial charge in [0, 0.05) is 25.7 Å². The third kappa shape index (κ3) is 74.2. The number of hydrogen-bond donors (Lipinski definition) is 3. The van der Waals surface area contributed by atoms with Crippen molar-refractivity contribution in [3.05, 3.63) is 24.3 Å². The van der Waals surface area contributed by atoms with E-state index in [1.807, 2.05) is 0 Å². The molecule has 0 aromatic carbocycles. The summed E-state index contributed by atoms with van der Waals surface area (Å²) in [4.78, 5) is 73.0. The van der Waals surface area contributed by atoms with Crippen LogP contribution in [0.3, 0.4) is 0 Å². The lowest BCUT2D eigenvalue weighted by Gasteiger charge is -2.21. The second kappa shape index (κ2) is 74.4. The number of carbonyl (C=O) groups is 4. The average molecular weight is 1480 g/mol. The molecule has 0 saturated heterocycles. The van der Waals surface area contributed by atoms with Crippen LogP contribution in [0.15, 0.2) is 24.3 Å². The molecule has 0 aliphatic rings. The first-order valence-electron chi connectivity index (χ1n) is 42.0. The van der Waals surface area contributed by atoms with Gasteiger partial charge in [-0.15, -0.1) is 0 Å². The first-order chi connectivity index (χ1) is 49.1. The van der Waals surface area contributed by atoms with Crippen LogP contribution in [0.5, 0.6) is 0 Å². The molecule has 0 saturated carbocycles. The number of rotatable bonds is 80. The lowest BCUT2D eigenvalue weighted by atomic mass is 9.99. The molecule has 0 fully saturated rings. The number of aliphatic hydroxyl groups excluding tert-OH is 1. The van der Waals surface area contributed by atoms with E-state index >= 15 is 0 Å². The Labute approximate surface area is 618 Å². The standard InChI is InChI=1S/C82H156O17P2/c1-6-10-13-16-19-22-25-27-29-30-31-32-33-34-36-38-41-47-52-57-62-67-81(86)98-77(72-93-80(85)66-61-56-51-46-40-37-35-28-26-23-20-17-14-11-7-2)73-96-100(88,89)94-69-76(83)70-95-101(90,91)97-74-78(71-92-79(84)65-60-55-50-45-39-24-21-18-15-12-8-3)99-82(87)68-63-58-53-48-43-42-44-49-54-59-64-75(5)9-4/h23,26,28,35,75-78,83H,6-22,24-25,27,29-34,36-74H2,1-5H3,(H,88,89)(H,90,91)/b26-23-,35-28-/t75?,76-,77-,78-/m1/s1. The van der Waals surface area contributed by atoms with Gasteiger partial charge in [0.1, 0.15) is 19.3 Å². The first kappa shape index (κ1) is 98.5. The molecule has 596 valence electrons. The van der Waals surface area contributed by atoms with Crippen molar-refractivity contribution >= 4 is 39.5 Å². The van der Waals surface area contributed by atoms with Crippen molar-refractivity contribution in [2.45, 2.75) is 432 Å². The van der Waals surface area contributed by atoms with Crippen molar-refractivity contribution in [2.24, 2.45) is 5.92 Å². The Balaban J connectivity index is 5.26. The minimum atomic E-state index is -4.97. The molecule has 3 unspecified atom stereocenters. The van der Waals surface area contributed by atoms with Crippen molar-refractivity contribution in [1.82, 2.24) is 0 Å². The molecule has 19 heteroatoms. The maximum Gasteiger partial charge on any atom is 0.472 e. The minimum absolute atomic E-state index is 0.102. The maximum absolute atomic E-state index is 13.1. The van der Waals surface area contributed by atoms with Crippen LogP contribution in [0.1, 0.15) is 413 Å². The summed E-state index contributed by atoms with van der Waals surface area (Å²) in [5.41, 5.74) is 0. The highest BCUT2D eigenvalue weighted by Gasteiger charge is 2.30. The van der Waals surface area contributed by atoms with E-state index in [2.05, 4.69) is 58.9 Å². The first-order valence-corrected chi connectivity index (χ1v) is 45.0. The predicted octanol–water partition coefficient (Wildman–Crippen LogP) is 24.4. The summed E-state index contributed by atoms with van der Waals surface area (Å²) in [5.74, 6) is -1.33. The van der Waals surface area contributed by atoms with Gasteiger partial charge in [-0.25, -0.2) is 9.13 Å². The van der Waals surface area contributed by atoms with E-state index < -0.39 is 97.5 Å². The largest absolute Gasteiger partial charge is 0.472 e. The maximum atomic E-state index is 13.1. The SMILES string of the molecule is CCCCCC/C=C\C=C/CCCCCCCC(=O)OC[C@H](COP(=O)(O)OC[C@@H](O)COP(=O)(O)OC[C@@H](COC(=O)CCCCCCCCCCCCC)OC(=O)CCCCCCCCCCCCC(C)CC)OC(=O)CCCCCCCCCCCCCCCCCCCCCCC. The van der Waals surface area contributed by atoms with E-state index in [9.17, 15) is 43.2 Å². The number of phosphoric acid groups is 2. The molecule has 17 nitrogen and oxygen atoms in total. The Morgan fingerprint density at radius 2 is 0.554 bits per heavy atom. The molecule has 0 spiro atoms. The van der Waals surface area contributed by atoms with E-state index in [4.69, 9.17) is 37.0 Å². The highest BCUT2D eigenvalue weighted by molar-refractivity contribution is 7.47. The van der Waals surface area contributed by atoms with Crippen LogP contribution >= 0.6 is 15.6 Å². The normalized spacial score (nSPS) is 14.3. The van der Waals surface area contributed by atoms with Gasteiger partial charge in [0.05, 0.1) is 26.4 Å². The summed E-state index contributed by atoms with van der Waals surface area (Å²) < 4.78 is 68.7. The Bertz CT molecular complexity index is 2020. The number of phosphoric ester groups is 2. The second-order valence-electron chi connectivity index (χ2n) is 29.1. The third-order valence-electron chi connectivity index (χ3n) is 19.0. The Morgan fingerprint density at radius 3 is 0.842 bits per heavy atom. The summed E-state index contributed by atoms with van der Waals surface area (Å²) in [6.07, 6.45) is 68.7. The van der Waals surface area contributed by atoms with Gasteiger partial charge < -0.3 is 33.8 Å². The van der Waals surface area contributed by atoms with Gasteiger partial charge in [-0.05, 0) is 57.3 Å². The highest BCUT2D eigenvalue weighted by Crippen LogP contribution is 2.45. The van der Waals surface area contributed by atoms with Gasteiger partial charge in [-0.1, -0.05) is 361 Å². The molecule has 6 atom stereocenters. The molecule has 0 amide bonds. The zero-order valence-electron chi connectivity index (χ0n) is 65.5. The monoisotopic (exact) mass is 1480 g/mol. The van der Waals surface area contributed by atoms with Crippen LogP contribution in [0.2, 0.25) is 0 Å². The molecule has 0 aliphatic carbocycles. The number of unbranched alkanes of at least 4 members (excludes halogenated alkanes) is 48. The van der Waals surface area contributed by atoms with Crippen molar-refractivity contribution in [3.8, 4) is 0 Å². The molecule has 101 heavy (non-hydrogen) atoms. The van der Waals surface area contributed by atoms with Gasteiger partial charge in [-0.2, -0.15) is 0 Å². The van der Waals surface area contributed by atoms with Crippen molar-refractivity contribution < 1.29 is 80.2 Å². The van der Waals surface area contributed by atoms with Crippen LogP contribution in [0.4, 0.5) is 0 Å². The minimum Gasteiger partial charge on any atom is -0.462 e. The number of allylic oxidation sites excluding steroid dienone is 4. The zero-order chi connectivity index (χ0) is 74.1. The quantitative estimate of drug-likeness (QED) is 0.0169. The van der Waals surface area contributed by atoms with Crippen LogP contribution in [-0.2, 0) is 65.4 Å². The molecule has 0 rings (SSSR count). The van der Waals surface area contributed by atoms with Gasteiger partial charge >= 0.3 is 39.5 Å². The molecule has 0 heterocycles. The van der Waals surface area contributed by atoms with E-state index in [1.165, 1.54) is 218 Å². The van der Waals surface area contributed by atoms with Crippen molar-refractivity contribution in [3.63, 3.8) is 0 Å². The van der Waals surface area contributed by atoms with Gasteiger partial charge in [0.25, 0.3) is 0 Å². The van der Waals surface area contributed by atoms with E-state index in [1.54, 1.807) is 0 Å². The average Bonchev–Trinajstić information content (AvgIpc) is 0.922. The summed E-state index contributed by atoms with van der Waals surface area (Å²) in [5, 5.41) is 10.6. The topological polar surface area (TPSA) is 237 Å². The number of hydrogen-bond acceptors (Lipinski definition) is 15. The fourth-order valence-electron chi connectivity index (χ4n) is 12.2. The summed E-state index contributed by atoms with van der Waals surface area (Å²) >= 11 is 0. The van der Waals surface area contributed by atoms with Crippen LogP contribution in [0.25, 0.3) is 0 Å². The summed E-state index contributed by atoms with van der Waals surface area (Å²) in [7, 11) is -9.93. The van der Waals surface area contributed by atoms with E-state index in [0.717, 1.165) is 115 Å². The number of esters is 4. The molecule has 0 aromatic heterocycles. The summed E-state index contributed by atoms with van der Waals surface area (Å²) in [6.45, 7) is 7.28. The highest BCUT2D eigenvalue weighted by atomic mass is 31.2. The van der Waals surface area contributed by atoms with Crippen LogP contribution < -0.4 is 0 Å². The Kier molecular flexibility index (Phi) is 72.6. The van der Waals surface area contributed by atoms with Crippen molar-refractivity contribution in [1.29, 1.82) is 0 Å². The molecular weight excluding hydrogens is 1320 g/mol. The lowest BCUT2D eigenvalue weighted by Crippen LogP contribution is -2.30. The van der Waals surface area contributed by atoms with E-state index in [0.29, 0.717) is 25.7 Å². The zero-order valence-corrected chi connectivity index (χ0v) is 67.3. The third-order valence-corrected chi connectivity index (χ3v) is 20.9. The van der Waals surface area contributed by atoms with Gasteiger partial charge in [0.2, 0.25) is 0 Å².